The lowest BCUT2D eigenvalue weighted by molar-refractivity contribution is 0.665. The van der Waals surface area contributed by atoms with E-state index in [4.69, 9.17) is 0 Å². The molecule has 0 spiro atoms. The summed E-state index contributed by atoms with van der Waals surface area (Å²) >= 11 is 8.70. The van der Waals surface area contributed by atoms with Crippen LogP contribution < -0.4 is 5.32 Å². The maximum absolute atomic E-state index is 4.23. The molecule has 0 unspecified atom stereocenters. The number of aromatic nitrogens is 3. The van der Waals surface area contributed by atoms with Gasteiger partial charge < -0.3 is 5.32 Å². The SMILES string of the molecule is Cn1cnc(CCNCc2cc(Br)c(Br)s2)n1. The van der Waals surface area contributed by atoms with E-state index in [-0.39, 0.29) is 0 Å². The van der Waals surface area contributed by atoms with E-state index < -0.39 is 0 Å². The van der Waals surface area contributed by atoms with Gasteiger partial charge in [-0.2, -0.15) is 5.10 Å². The molecule has 0 saturated heterocycles. The molecule has 1 N–H and O–H groups in total. The van der Waals surface area contributed by atoms with Gasteiger partial charge in [0.2, 0.25) is 0 Å². The average molecular weight is 380 g/mol. The van der Waals surface area contributed by atoms with E-state index in [0.717, 1.165) is 33.6 Å². The van der Waals surface area contributed by atoms with Crippen molar-refractivity contribution in [1.82, 2.24) is 20.1 Å². The Labute approximate surface area is 121 Å². The van der Waals surface area contributed by atoms with Crippen LogP contribution in [0.15, 0.2) is 20.7 Å². The lowest BCUT2D eigenvalue weighted by Gasteiger charge is -2.00. The molecule has 7 heteroatoms. The fourth-order valence-electron chi connectivity index (χ4n) is 1.39. The van der Waals surface area contributed by atoms with Crippen molar-refractivity contribution in [1.29, 1.82) is 0 Å². The number of rotatable bonds is 5. The Kier molecular flexibility index (Phi) is 4.72. The van der Waals surface area contributed by atoms with Crippen LogP contribution in [0.25, 0.3) is 0 Å². The Morgan fingerprint density at radius 3 is 2.88 bits per heavy atom. The highest BCUT2D eigenvalue weighted by atomic mass is 79.9. The predicted octanol–water partition coefficient (Wildman–Crippen LogP) is 2.73. The number of aryl methyl sites for hydroxylation is 1. The Morgan fingerprint density at radius 1 is 1.47 bits per heavy atom. The molecule has 2 heterocycles. The second kappa shape index (κ2) is 6.08. The summed E-state index contributed by atoms with van der Waals surface area (Å²) in [6.45, 7) is 1.76. The number of halogens is 2. The van der Waals surface area contributed by atoms with Gasteiger partial charge in [-0.1, -0.05) is 0 Å². The van der Waals surface area contributed by atoms with Crippen molar-refractivity contribution in [2.75, 3.05) is 6.54 Å². The lowest BCUT2D eigenvalue weighted by Crippen LogP contribution is -2.16. The molecule has 0 aliphatic carbocycles. The fraction of sp³-hybridized carbons (Fsp3) is 0.400. The molecular weight excluding hydrogens is 368 g/mol. The van der Waals surface area contributed by atoms with Crippen molar-refractivity contribution in [3.63, 3.8) is 0 Å². The monoisotopic (exact) mass is 378 g/mol. The summed E-state index contributed by atoms with van der Waals surface area (Å²) in [5.74, 6) is 0.883. The van der Waals surface area contributed by atoms with Crippen molar-refractivity contribution >= 4 is 43.2 Å². The molecule has 0 amide bonds. The molecule has 0 atom stereocenters. The highest BCUT2D eigenvalue weighted by molar-refractivity contribution is 9.13. The molecule has 92 valence electrons. The van der Waals surface area contributed by atoms with E-state index >= 15 is 0 Å². The first-order chi connectivity index (χ1) is 8.15. The van der Waals surface area contributed by atoms with Gasteiger partial charge in [0.15, 0.2) is 5.82 Å². The number of hydrogen-bond acceptors (Lipinski definition) is 4. The molecule has 2 rings (SSSR count). The zero-order valence-corrected chi connectivity index (χ0v) is 13.3. The molecule has 0 radical (unpaired) electrons. The lowest BCUT2D eigenvalue weighted by atomic mass is 10.4. The second-order valence-corrected chi connectivity index (χ2v) is 6.90. The molecule has 2 aromatic rings. The molecule has 0 aliphatic heterocycles. The zero-order chi connectivity index (χ0) is 12.3. The molecular formula is C10H12Br2N4S. The minimum absolute atomic E-state index is 0.856. The molecule has 4 nitrogen and oxygen atoms in total. The molecule has 0 bridgehead atoms. The normalized spacial score (nSPS) is 11.0. The van der Waals surface area contributed by atoms with Crippen LogP contribution in [0.5, 0.6) is 0 Å². The van der Waals surface area contributed by atoms with Gasteiger partial charge in [-0.3, -0.25) is 4.68 Å². The summed E-state index contributed by atoms with van der Waals surface area (Å²) in [6, 6.07) is 2.13. The number of hydrogen-bond donors (Lipinski definition) is 1. The summed E-state index contributed by atoms with van der Waals surface area (Å²) in [5.41, 5.74) is 0. The van der Waals surface area contributed by atoms with E-state index in [1.165, 1.54) is 4.88 Å². The number of nitrogens with one attached hydrogen (secondary N) is 1. The minimum Gasteiger partial charge on any atom is -0.311 e. The highest BCUT2D eigenvalue weighted by Gasteiger charge is 2.04. The van der Waals surface area contributed by atoms with Crippen molar-refractivity contribution < 1.29 is 0 Å². The summed E-state index contributed by atoms with van der Waals surface area (Å²) in [5, 5.41) is 7.61. The van der Waals surface area contributed by atoms with Crippen LogP contribution >= 0.6 is 43.2 Å². The Balaban J connectivity index is 1.73. The third kappa shape index (κ3) is 3.87. The molecule has 17 heavy (non-hydrogen) atoms. The summed E-state index contributed by atoms with van der Waals surface area (Å²) in [7, 11) is 1.88. The molecule has 0 aromatic carbocycles. The van der Waals surface area contributed by atoms with Crippen LogP contribution in [-0.4, -0.2) is 21.3 Å². The molecule has 2 aromatic heterocycles. The van der Waals surface area contributed by atoms with E-state index in [2.05, 4.69) is 53.3 Å². The van der Waals surface area contributed by atoms with Crippen LogP contribution in [0.1, 0.15) is 10.7 Å². The van der Waals surface area contributed by atoms with Gasteiger partial charge in [0.05, 0.1) is 3.79 Å². The van der Waals surface area contributed by atoms with E-state index in [1.54, 1.807) is 22.3 Å². The second-order valence-electron chi connectivity index (χ2n) is 3.60. The molecule has 0 saturated carbocycles. The van der Waals surface area contributed by atoms with Crippen LogP contribution in [0, 0.1) is 0 Å². The van der Waals surface area contributed by atoms with Crippen molar-refractivity contribution in [2.24, 2.45) is 7.05 Å². The topological polar surface area (TPSA) is 42.7 Å². The Hall–Kier alpha value is -0.240. The minimum atomic E-state index is 0.856. The van der Waals surface area contributed by atoms with Crippen molar-refractivity contribution in [3.8, 4) is 0 Å². The quantitative estimate of drug-likeness (QED) is 0.812. The molecule has 0 fully saturated rings. The highest BCUT2D eigenvalue weighted by Crippen LogP contribution is 2.32. The van der Waals surface area contributed by atoms with Gasteiger partial charge in [0, 0.05) is 35.9 Å². The van der Waals surface area contributed by atoms with Crippen LogP contribution in [0.4, 0.5) is 0 Å². The maximum atomic E-state index is 4.23. The maximum Gasteiger partial charge on any atom is 0.151 e. The van der Waals surface area contributed by atoms with E-state index in [0.29, 0.717) is 0 Å². The van der Waals surface area contributed by atoms with Crippen molar-refractivity contribution in [3.05, 3.63) is 31.4 Å². The first kappa shape index (κ1) is 13.2. The first-order valence-electron chi connectivity index (χ1n) is 5.14. The smallest absolute Gasteiger partial charge is 0.151 e. The Bertz CT molecular complexity index is 475. The first-order valence-corrected chi connectivity index (χ1v) is 7.54. The summed E-state index contributed by atoms with van der Waals surface area (Å²) in [4.78, 5) is 5.48. The third-order valence-electron chi connectivity index (χ3n) is 2.17. The van der Waals surface area contributed by atoms with Crippen LogP contribution in [0.2, 0.25) is 0 Å². The van der Waals surface area contributed by atoms with E-state index in [1.807, 2.05) is 7.05 Å². The van der Waals surface area contributed by atoms with Crippen LogP contribution in [-0.2, 0) is 20.0 Å². The third-order valence-corrected chi connectivity index (χ3v) is 5.42. The number of nitrogens with zero attached hydrogens (tertiary/aromatic N) is 3. The van der Waals surface area contributed by atoms with Gasteiger partial charge >= 0.3 is 0 Å². The van der Waals surface area contributed by atoms with Gasteiger partial charge in [0.25, 0.3) is 0 Å². The Morgan fingerprint density at radius 2 is 2.29 bits per heavy atom. The van der Waals surface area contributed by atoms with Gasteiger partial charge in [-0.05, 0) is 37.9 Å². The van der Waals surface area contributed by atoms with Crippen LogP contribution in [0.3, 0.4) is 0 Å². The number of thiophene rings is 1. The zero-order valence-electron chi connectivity index (χ0n) is 9.28. The van der Waals surface area contributed by atoms with E-state index in [9.17, 15) is 0 Å². The molecule has 0 aliphatic rings. The van der Waals surface area contributed by atoms with Gasteiger partial charge in [-0.25, -0.2) is 4.98 Å². The standard InChI is InChI=1S/C10H12Br2N4S/c1-16-6-14-9(15-16)2-3-13-5-7-4-8(11)10(12)17-7/h4,6,13H,2-3,5H2,1H3. The predicted molar refractivity (Wildman–Crippen MR) is 76.1 cm³/mol. The van der Waals surface area contributed by atoms with Gasteiger partial charge in [0.1, 0.15) is 6.33 Å². The summed E-state index contributed by atoms with van der Waals surface area (Å²) < 4.78 is 3.98. The van der Waals surface area contributed by atoms with Crippen molar-refractivity contribution in [2.45, 2.75) is 13.0 Å². The van der Waals surface area contributed by atoms with Gasteiger partial charge in [-0.15, -0.1) is 11.3 Å². The summed E-state index contributed by atoms with van der Waals surface area (Å²) in [6.07, 6.45) is 2.58. The largest absolute Gasteiger partial charge is 0.311 e. The fourth-order valence-corrected chi connectivity index (χ4v) is 3.54. The average Bonchev–Trinajstić information content (AvgIpc) is 2.82.